The molecule has 0 spiro atoms. The summed E-state index contributed by atoms with van der Waals surface area (Å²) in [5.74, 6) is 0.559. The van der Waals surface area contributed by atoms with Crippen LogP contribution in [-0.4, -0.2) is 28.7 Å². The van der Waals surface area contributed by atoms with Crippen molar-refractivity contribution >= 4 is 30.9 Å². The molecule has 0 aliphatic heterocycles. The molecule has 0 aromatic heterocycles. The first-order valence-electron chi connectivity index (χ1n) is 3.91. The van der Waals surface area contributed by atoms with E-state index in [0.29, 0.717) is 0 Å². The van der Waals surface area contributed by atoms with Gasteiger partial charge in [-0.15, -0.1) is 23.2 Å². The first-order valence-corrected chi connectivity index (χ1v) is 6.64. The molecular weight excluding hydrogens is 234 g/mol. The van der Waals surface area contributed by atoms with Gasteiger partial charge in [-0.3, -0.25) is 4.57 Å². The van der Waals surface area contributed by atoms with Crippen molar-refractivity contribution in [1.82, 2.24) is 10.2 Å². The molecule has 0 aliphatic rings. The predicted octanol–water partition coefficient (Wildman–Crippen LogP) is 1.52. The van der Waals surface area contributed by atoms with Crippen LogP contribution in [0.5, 0.6) is 0 Å². The maximum atomic E-state index is 11.4. The topological polar surface area (TPSA) is 61.4 Å². The molecule has 4 nitrogen and oxygen atoms in total. The highest BCUT2D eigenvalue weighted by Crippen LogP contribution is 2.31. The fourth-order valence-corrected chi connectivity index (χ4v) is 2.53. The lowest BCUT2D eigenvalue weighted by atomic mass is 10.4. The van der Waals surface area contributed by atoms with E-state index >= 15 is 0 Å². The van der Waals surface area contributed by atoms with E-state index in [1.807, 2.05) is 0 Å². The number of hydrogen-bond donors (Lipinski definition) is 3. The Labute approximate surface area is 88.6 Å². The predicted molar refractivity (Wildman–Crippen MR) is 56.5 cm³/mol. The van der Waals surface area contributed by atoms with E-state index in [2.05, 4.69) is 10.2 Å². The standard InChI is InChI=1S/C6H15Cl2N2O2P/c1-5(3-7)9-13(11,12)10-6(2)4-8/h5-6H,3-4H2,1-2H3,(H3,9,10,11,12)/t5-,6-/m1/s1. The zero-order valence-corrected chi connectivity index (χ0v) is 10.0. The van der Waals surface area contributed by atoms with Crippen LogP contribution in [-0.2, 0) is 4.57 Å². The highest BCUT2D eigenvalue weighted by molar-refractivity contribution is 7.53. The summed E-state index contributed by atoms with van der Waals surface area (Å²) in [6.45, 7) is 3.45. The van der Waals surface area contributed by atoms with Crippen molar-refractivity contribution in [3.63, 3.8) is 0 Å². The molecule has 0 unspecified atom stereocenters. The van der Waals surface area contributed by atoms with Crippen molar-refractivity contribution in [3.05, 3.63) is 0 Å². The Morgan fingerprint density at radius 2 is 1.54 bits per heavy atom. The molecule has 0 rings (SSSR count). The van der Waals surface area contributed by atoms with Crippen LogP contribution in [0.15, 0.2) is 0 Å². The first-order chi connectivity index (χ1) is 5.91. The minimum Gasteiger partial charge on any atom is -0.322 e. The molecule has 0 fully saturated rings. The van der Waals surface area contributed by atoms with Crippen molar-refractivity contribution in [3.8, 4) is 0 Å². The third-order valence-electron chi connectivity index (χ3n) is 1.25. The molecule has 0 aliphatic carbocycles. The van der Waals surface area contributed by atoms with Gasteiger partial charge in [0.05, 0.1) is 0 Å². The summed E-state index contributed by atoms with van der Waals surface area (Å²) in [5, 5.41) is 4.96. The van der Waals surface area contributed by atoms with Gasteiger partial charge in [-0.1, -0.05) is 0 Å². The van der Waals surface area contributed by atoms with Crippen molar-refractivity contribution in [2.45, 2.75) is 25.9 Å². The van der Waals surface area contributed by atoms with Gasteiger partial charge in [0.15, 0.2) is 0 Å². The lowest BCUT2D eigenvalue weighted by Gasteiger charge is -2.20. The summed E-state index contributed by atoms with van der Waals surface area (Å²) in [7, 11) is -3.51. The monoisotopic (exact) mass is 248 g/mol. The summed E-state index contributed by atoms with van der Waals surface area (Å²) in [6.07, 6.45) is 0. The Morgan fingerprint density at radius 1 is 1.23 bits per heavy atom. The third kappa shape index (κ3) is 6.72. The SMILES string of the molecule is C[C@H](CCl)NP(=O)(O)N[C@H](C)CCl. The van der Waals surface area contributed by atoms with Crippen LogP contribution in [0.25, 0.3) is 0 Å². The quantitative estimate of drug-likeness (QED) is 0.493. The van der Waals surface area contributed by atoms with Crippen LogP contribution in [0, 0.1) is 0 Å². The van der Waals surface area contributed by atoms with Gasteiger partial charge in [-0.05, 0) is 13.8 Å². The van der Waals surface area contributed by atoms with Gasteiger partial charge in [0.2, 0.25) is 0 Å². The summed E-state index contributed by atoms with van der Waals surface area (Å²) in [6, 6.07) is -0.431. The molecule has 2 atom stereocenters. The highest BCUT2D eigenvalue weighted by Gasteiger charge is 2.21. The molecule has 0 saturated heterocycles. The maximum Gasteiger partial charge on any atom is 0.338 e. The van der Waals surface area contributed by atoms with E-state index in [-0.39, 0.29) is 23.8 Å². The highest BCUT2D eigenvalue weighted by atomic mass is 35.5. The lowest BCUT2D eigenvalue weighted by molar-refractivity contribution is 0.432. The largest absolute Gasteiger partial charge is 0.338 e. The van der Waals surface area contributed by atoms with Crippen LogP contribution < -0.4 is 10.2 Å². The molecule has 7 heteroatoms. The van der Waals surface area contributed by atoms with Gasteiger partial charge in [0, 0.05) is 23.8 Å². The molecule has 0 aromatic rings. The Morgan fingerprint density at radius 3 is 1.77 bits per heavy atom. The number of rotatable bonds is 6. The second kappa shape index (κ2) is 6.23. The fourth-order valence-electron chi connectivity index (χ4n) is 0.704. The zero-order valence-electron chi connectivity index (χ0n) is 7.63. The van der Waals surface area contributed by atoms with E-state index in [1.165, 1.54) is 0 Å². The molecule has 80 valence electrons. The van der Waals surface area contributed by atoms with Gasteiger partial charge in [0.1, 0.15) is 0 Å². The molecule has 0 bridgehead atoms. The normalized spacial score (nSPS) is 17.0. The molecule has 3 N–H and O–H groups in total. The molecule has 0 heterocycles. The fraction of sp³-hybridized carbons (Fsp3) is 1.00. The average molecular weight is 249 g/mol. The van der Waals surface area contributed by atoms with E-state index < -0.39 is 7.67 Å². The van der Waals surface area contributed by atoms with Crippen LogP contribution >= 0.6 is 30.9 Å². The lowest BCUT2D eigenvalue weighted by Crippen LogP contribution is -2.35. The van der Waals surface area contributed by atoms with Gasteiger partial charge in [-0.2, -0.15) is 0 Å². The van der Waals surface area contributed by atoms with E-state index in [0.717, 1.165) is 0 Å². The summed E-state index contributed by atoms with van der Waals surface area (Å²) in [4.78, 5) is 9.33. The van der Waals surface area contributed by atoms with Crippen LogP contribution in [0.2, 0.25) is 0 Å². The van der Waals surface area contributed by atoms with Crippen LogP contribution in [0.4, 0.5) is 0 Å². The van der Waals surface area contributed by atoms with Gasteiger partial charge >= 0.3 is 7.67 Å². The minimum atomic E-state index is -3.51. The van der Waals surface area contributed by atoms with Gasteiger partial charge in [0.25, 0.3) is 0 Å². The second-order valence-corrected chi connectivity index (χ2v) is 5.23. The Kier molecular flexibility index (Phi) is 6.56. The molecule has 0 amide bonds. The minimum absolute atomic E-state index is 0.215. The van der Waals surface area contributed by atoms with Crippen molar-refractivity contribution in [1.29, 1.82) is 0 Å². The van der Waals surface area contributed by atoms with E-state index in [9.17, 15) is 9.46 Å². The third-order valence-corrected chi connectivity index (χ3v) is 3.76. The molecule has 13 heavy (non-hydrogen) atoms. The Balaban J connectivity index is 4.00. The smallest absolute Gasteiger partial charge is 0.322 e. The van der Waals surface area contributed by atoms with Gasteiger partial charge in [-0.25, -0.2) is 10.2 Å². The second-order valence-electron chi connectivity index (χ2n) is 2.94. The number of nitrogens with one attached hydrogen (secondary N) is 2. The van der Waals surface area contributed by atoms with Crippen molar-refractivity contribution in [2.75, 3.05) is 11.8 Å². The number of hydrogen-bond acceptors (Lipinski definition) is 1. The van der Waals surface area contributed by atoms with Crippen molar-refractivity contribution < 1.29 is 9.46 Å². The Bertz CT molecular complexity index is 177. The molecule has 0 radical (unpaired) electrons. The zero-order chi connectivity index (χ0) is 10.5. The number of alkyl halides is 2. The summed E-state index contributed by atoms with van der Waals surface area (Å²) in [5.41, 5.74) is 0. The first kappa shape index (κ1) is 13.7. The van der Waals surface area contributed by atoms with E-state index in [4.69, 9.17) is 23.2 Å². The summed E-state index contributed by atoms with van der Waals surface area (Å²) >= 11 is 11.0. The maximum absolute atomic E-state index is 11.4. The van der Waals surface area contributed by atoms with Crippen molar-refractivity contribution in [2.24, 2.45) is 0 Å². The van der Waals surface area contributed by atoms with Crippen LogP contribution in [0.1, 0.15) is 13.8 Å². The van der Waals surface area contributed by atoms with E-state index in [1.54, 1.807) is 13.8 Å². The van der Waals surface area contributed by atoms with Crippen LogP contribution in [0.3, 0.4) is 0 Å². The molecule has 0 aromatic carbocycles. The molecule has 0 saturated carbocycles. The van der Waals surface area contributed by atoms with Gasteiger partial charge < -0.3 is 4.89 Å². The Hall–Kier alpha value is 0.690. The average Bonchev–Trinajstić information content (AvgIpc) is 2.02. The molecular formula is C6H15Cl2N2O2P. The summed E-state index contributed by atoms with van der Waals surface area (Å²) < 4.78 is 11.4. The number of halogens is 2.